The number of ether oxygens (including phenoxy) is 3. The molecule has 0 aromatic heterocycles. The van der Waals surface area contributed by atoms with Gasteiger partial charge in [0.15, 0.2) is 0 Å². The molecule has 0 aliphatic rings. The third-order valence-electron chi connectivity index (χ3n) is 2.43. The van der Waals surface area contributed by atoms with E-state index in [9.17, 15) is 4.39 Å². The third kappa shape index (κ3) is 5.34. The van der Waals surface area contributed by atoms with Crippen molar-refractivity contribution in [3.63, 3.8) is 0 Å². The SMILES string of the molecule is COCCOCCOCc1cccc(C(=N)N)c1F. The van der Waals surface area contributed by atoms with Crippen molar-refractivity contribution in [2.24, 2.45) is 5.73 Å². The van der Waals surface area contributed by atoms with Crippen LogP contribution >= 0.6 is 0 Å². The molecule has 0 fully saturated rings. The molecule has 0 bridgehead atoms. The first kappa shape index (κ1) is 15.6. The van der Waals surface area contributed by atoms with E-state index in [4.69, 9.17) is 25.4 Å². The Labute approximate surface area is 112 Å². The van der Waals surface area contributed by atoms with Gasteiger partial charge in [0.05, 0.1) is 38.6 Å². The molecule has 0 radical (unpaired) electrons. The first-order valence-electron chi connectivity index (χ1n) is 5.93. The van der Waals surface area contributed by atoms with Gasteiger partial charge in [-0.2, -0.15) is 0 Å². The lowest BCUT2D eigenvalue weighted by atomic mass is 10.1. The van der Waals surface area contributed by atoms with E-state index in [2.05, 4.69) is 0 Å². The molecule has 0 heterocycles. The van der Waals surface area contributed by atoms with Crippen molar-refractivity contribution in [1.29, 1.82) is 5.41 Å². The summed E-state index contributed by atoms with van der Waals surface area (Å²) in [7, 11) is 1.60. The van der Waals surface area contributed by atoms with E-state index >= 15 is 0 Å². The number of nitrogen functional groups attached to an aromatic ring is 1. The molecule has 1 aromatic rings. The molecule has 0 amide bonds. The van der Waals surface area contributed by atoms with Crippen LogP contribution in [-0.2, 0) is 20.8 Å². The highest BCUT2D eigenvalue weighted by atomic mass is 19.1. The highest BCUT2D eigenvalue weighted by Gasteiger charge is 2.09. The van der Waals surface area contributed by atoms with Crippen molar-refractivity contribution < 1.29 is 18.6 Å². The van der Waals surface area contributed by atoms with Crippen molar-refractivity contribution in [1.82, 2.24) is 0 Å². The minimum Gasteiger partial charge on any atom is -0.384 e. The summed E-state index contributed by atoms with van der Waals surface area (Å²) in [6, 6.07) is 4.72. The average molecular weight is 270 g/mol. The minimum atomic E-state index is -0.504. The number of halogens is 1. The fourth-order valence-corrected chi connectivity index (χ4v) is 1.44. The van der Waals surface area contributed by atoms with E-state index in [0.717, 1.165) is 0 Å². The van der Waals surface area contributed by atoms with Gasteiger partial charge in [-0.3, -0.25) is 5.41 Å². The van der Waals surface area contributed by atoms with E-state index in [1.807, 2.05) is 0 Å². The van der Waals surface area contributed by atoms with E-state index in [0.29, 0.717) is 32.0 Å². The van der Waals surface area contributed by atoms with Gasteiger partial charge in [0.2, 0.25) is 0 Å². The second-order valence-electron chi connectivity index (χ2n) is 3.85. The zero-order valence-electron chi connectivity index (χ0n) is 10.9. The van der Waals surface area contributed by atoms with Crippen molar-refractivity contribution in [2.45, 2.75) is 6.61 Å². The van der Waals surface area contributed by atoms with Crippen LogP contribution in [0.4, 0.5) is 4.39 Å². The molecule has 0 saturated heterocycles. The van der Waals surface area contributed by atoms with E-state index in [1.165, 1.54) is 6.07 Å². The second kappa shape index (κ2) is 8.58. The molecule has 6 heteroatoms. The lowest BCUT2D eigenvalue weighted by molar-refractivity contribution is 0.0194. The fraction of sp³-hybridized carbons (Fsp3) is 0.462. The van der Waals surface area contributed by atoms with Crippen LogP contribution in [0.25, 0.3) is 0 Å². The van der Waals surface area contributed by atoms with Gasteiger partial charge in [0, 0.05) is 12.7 Å². The summed E-state index contributed by atoms with van der Waals surface area (Å²) in [4.78, 5) is 0. The summed E-state index contributed by atoms with van der Waals surface area (Å²) in [5.41, 5.74) is 5.75. The summed E-state index contributed by atoms with van der Waals surface area (Å²) in [6.45, 7) is 1.97. The molecule has 0 aliphatic carbocycles. The van der Waals surface area contributed by atoms with Gasteiger partial charge in [-0.05, 0) is 6.07 Å². The molecule has 3 N–H and O–H groups in total. The van der Waals surface area contributed by atoms with Crippen LogP contribution in [0.5, 0.6) is 0 Å². The van der Waals surface area contributed by atoms with Crippen molar-refractivity contribution in [3.8, 4) is 0 Å². The van der Waals surface area contributed by atoms with E-state index in [1.54, 1.807) is 19.2 Å². The summed E-state index contributed by atoms with van der Waals surface area (Å²) >= 11 is 0. The van der Waals surface area contributed by atoms with Crippen LogP contribution in [-0.4, -0.2) is 39.4 Å². The van der Waals surface area contributed by atoms with Gasteiger partial charge < -0.3 is 19.9 Å². The smallest absolute Gasteiger partial charge is 0.139 e. The average Bonchev–Trinajstić information content (AvgIpc) is 2.39. The maximum atomic E-state index is 13.9. The van der Waals surface area contributed by atoms with Crippen LogP contribution in [0.2, 0.25) is 0 Å². The van der Waals surface area contributed by atoms with Gasteiger partial charge in [0.25, 0.3) is 0 Å². The molecular formula is C13H19FN2O3. The Balaban J connectivity index is 2.33. The molecule has 1 rings (SSSR count). The monoisotopic (exact) mass is 270 g/mol. The Kier molecular flexibility index (Phi) is 7.02. The molecule has 0 aliphatic heterocycles. The van der Waals surface area contributed by atoms with Crippen LogP contribution in [0.15, 0.2) is 18.2 Å². The molecule has 19 heavy (non-hydrogen) atoms. The maximum Gasteiger partial charge on any atom is 0.139 e. The Morgan fingerprint density at radius 1 is 1.21 bits per heavy atom. The zero-order valence-corrected chi connectivity index (χ0v) is 10.9. The Bertz CT molecular complexity index is 413. The number of hydrogen-bond donors (Lipinski definition) is 2. The number of rotatable bonds is 9. The van der Waals surface area contributed by atoms with Gasteiger partial charge in [-0.25, -0.2) is 4.39 Å². The summed E-state index contributed by atoms with van der Waals surface area (Å²) in [5.74, 6) is -0.794. The molecule has 0 unspecified atom stereocenters. The van der Waals surface area contributed by atoms with Gasteiger partial charge in [0.1, 0.15) is 11.7 Å². The largest absolute Gasteiger partial charge is 0.384 e. The predicted octanol–water partition coefficient (Wildman–Crippen LogP) is 1.29. The van der Waals surface area contributed by atoms with Crippen molar-refractivity contribution >= 4 is 5.84 Å². The summed E-state index contributed by atoms with van der Waals surface area (Å²) in [6.07, 6.45) is 0. The lowest BCUT2D eigenvalue weighted by Gasteiger charge is -2.08. The molecule has 5 nitrogen and oxygen atoms in total. The molecule has 1 aromatic carbocycles. The van der Waals surface area contributed by atoms with E-state index in [-0.39, 0.29) is 18.0 Å². The number of nitrogens with two attached hydrogens (primary N) is 1. The Morgan fingerprint density at radius 2 is 1.89 bits per heavy atom. The van der Waals surface area contributed by atoms with Crippen molar-refractivity contribution in [2.75, 3.05) is 33.5 Å². The Morgan fingerprint density at radius 3 is 2.58 bits per heavy atom. The van der Waals surface area contributed by atoms with Gasteiger partial charge in [-0.1, -0.05) is 12.1 Å². The summed E-state index contributed by atoms with van der Waals surface area (Å²) < 4.78 is 29.2. The van der Waals surface area contributed by atoms with Crippen LogP contribution in [0, 0.1) is 11.2 Å². The normalized spacial score (nSPS) is 10.6. The van der Waals surface area contributed by atoms with Crippen LogP contribution < -0.4 is 5.73 Å². The zero-order chi connectivity index (χ0) is 14.1. The van der Waals surface area contributed by atoms with Gasteiger partial charge >= 0.3 is 0 Å². The van der Waals surface area contributed by atoms with Crippen LogP contribution in [0.1, 0.15) is 11.1 Å². The number of hydrogen-bond acceptors (Lipinski definition) is 4. The molecule has 0 spiro atoms. The first-order chi connectivity index (χ1) is 9.16. The van der Waals surface area contributed by atoms with Gasteiger partial charge in [-0.15, -0.1) is 0 Å². The first-order valence-corrected chi connectivity index (χ1v) is 5.93. The number of methoxy groups -OCH3 is 1. The molecule has 0 saturated carbocycles. The molecular weight excluding hydrogens is 251 g/mol. The fourth-order valence-electron chi connectivity index (χ4n) is 1.44. The highest BCUT2D eigenvalue weighted by molar-refractivity contribution is 5.95. The van der Waals surface area contributed by atoms with Crippen molar-refractivity contribution in [3.05, 3.63) is 35.1 Å². The highest BCUT2D eigenvalue weighted by Crippen LogP contribution is 2.13. The number of amidine groups is 1. The lowest BCUT2D eigenvalue weighted by Crippen LogP contribution is -2.15. The summed E-state index contributed by atoms with van der Waals surface area (Å²) in [5, 5.41) is 7.25. The number of benzene rings is 1. The third-order valence-corrected chi connectivity index (χ3v) is 2.43. The topological polar surface area (TPSA) is 77.6 Å². The molecule has 0 atom stereocenters. The maximum absolute atomic E-state index is 13.9. The molecule has 106 valence electrons. The Hall–Kier alpha value is -1.50. The standard InChI is InChI=1S/C13H19FN2O3/c1-17-5-6-18-7-8-19-9-10-3-2-4-11(12(10)14)13(15)16/h2-4H,5-9H2,1H3,(H3,15,16). The van der Waals surface area contributed by atoms with E-state index < -0.39 is 5.82 Å². The quantitative estimate of drug-likeness (QED) is 0.402. The second-order valence-corrected chi connectivity index (χ2v) is 3.85. The predicted molar refractivity (Wildman–Crippen MR) is 69.8 cm³/mol. The number of nitrogens with one attached hydrogen (secondary N) is 1. The van der Waals surface area contributed by atoms with Crippen LogP contribution in [0.3, 0.4) is 0 Å². The minimum absolute atomic E-state index is 0.0949.